The average Bonchev–Trinajstić information content (AvgIpc) is 2.69. The summed E-state index contributed by atoms with van der Waals surface area (Å²) in [6.45, 7) is 3.44. The minimum Gasteiger partial charge on any atom is -0.480 e. The first kappa shape index (κ1) is 24.8. The number of allylic oxidation sites excluding steroid dienone is 1. The Balaban J connectivity index is 2.12. The molecule has 1 aromatic rings. The van der Waals surface area contributed by atoms with Gasteiger partial charge < -0.3 is 23.7 Å². The molecule has 29 heavy (non-hydrogen) atoms. The van der Waals surface area contributed by atoms with E-state index < -0.39 is 11.9 Å². The highest BCUT2D eigenvalue weighted by Crippen LogP contribution is 2.27. The molecule has 0 amide bonds. The number of halogens is 2. The molecule has 0 bridgehead atoms. The molecule has 0 aliphatic heterocycles. The maximum Gasteiger partial charge on any atom is 0.345 e. The topological polar surface area (TPSA) is 80.3 Å². The molecule has 0 aliphatic rings. The van der Waals surface area contributed by atoms with Gasteiger partial charge in [-0.3, -0.25) is 0 Å². The van der Waals surface area contributed by atoms with E-state index in [9.17, 15) is 9.59 Å². The fourth-order valence-corrected chi connectivity index (χ4v) is 2.17. The molecule has 0 heterocycles. The van der Waals surface area contributed by atoms with Crippen molar-refractivity contribution in [2.45, 2.75) is 6.92 Å². The van der Waals surface area contributed by atoms with Crippen molar-refractivity contribution in [3.63, 3.8) is 0 Å². The van der Waals surface area contributed by atoms with Crippen molar-refractivity contribution in [2.24, 2.45) is 0 Å². The predicted octanol–water partition coefficient (Wildman–Crippen LogP) is 3.07. The maximum absolute atomic E-state index is 11.6. The highest BCUT2D eigenvalue weighted by Gasteiger charge is 2.07. The van der Waals surface area contributed by atoms with E-state index in [1.54, 1.807) is 12.1 Å². The van der Waals surface area contributed by atoms with E-state index in [1.165, 1.54) is 18.2 Å². The second kappa shape index (κ2) is 15.7. The highest BCUT2D eigenvalue weighted by atomic mass is 35.5. The Kier molecular flexibility index (Phi) is 13.4. The van der Waals surface area contributed by atoms with Gasteiger partial charge in [0.05, 0.1) is 24.8 Å². The van der Waals surface area contributed by atoms with E-state index in [4.69, 9.17) is 46.9 Å². The monoisotopic (exact) mass is 444 g/mol. The van der Waals surface area contributed by atoms with Gasteiger partial charge in [-0.15, -0.1) is 0 Å². The van der Waals surface area contributed by atoms with Gasteiger partial charge in [-0.05, 0) is 31.2 Å². The summed E-state index contributed by atoms with van der Waals surface area (Å²) in [7, 11) is 0. The molecule has 0 unspecified atom stereocenters. The van der Waals surface area contributed by atoms with Gasteiger partial charge in [-0.25, -0.2) is 9.59 Å². The van der Waals surface area contributed by atoms with Crippen molar-refractivity contribution in [2.75, 3.05) is 46.2 Å². The van der Waals surface area contributed by atoms with Crippen LogP contribution in [0.4, 0.5) is 0 Å². The predicted molar refractivity (Wildman–Crippen MR) is 108 cm³/mol. The van der Waals surface area contributed by atoms with Crippen molar-refractivity contribution in [1.82, 2.24) is 0 Å². The summed E-state index contributed by atoms with van der Waals surface area (Å²) in [4.78, 5) is 23.0. The van der Waals surface area contributed by atoms with E-state index in [0.29, 0.717) is 35.6 Å². The van der Waals surface area contributed by atoms with Gasteiger partial charge >= 0.3 is 11.9 Å². The van der Waals surface area contributed by atoms with Crippen molar-refractivity contribution in [3.05, 3.63) is 40.4 Å². The molecule has 0 atom stereocenters. The smallest absolute Gasteiger partial charge is 0.345 e. The van der Waals surface area contributed by atoms with Crippen molar-refractivity contribution >= 4 is 35.1 Å². The first-order chi connectivity index (χ1) is 14.0. The summed E-state index contributed by atoms with van der Waals surface area (Å²) in [5, 5.41) is 0.752. The normalized spacial score (nSPS) is 10.3. The molecule has 0 saturated heterocycles. The lowest BCUT2D eigenvalue weighted by Gasteiger charge is -2.07. The Hall–Kier alpha value is -2.24. The largest absolute Gasteiger partial charge is 0.480 e. The molecule has 7 nitrogen and oxygen atoms in total. The van der Waals surface area contributed by atoms with E-state index in [0.717, 1.165) is 0 Å². The minimum atomic E-state index is -0.613. The summed E-state index contributed by atoms with van der Waals surface area (Å²) in [5.41, 5.74) is 0. The Bertz CT molecular complexity index is 738. The number of ether oxygens (including phenoxy) is 5. The van der Waals surface area contributed by atoms with Gasteiger partial charge in [0.25, 0.3) is 0 Å². The van der Waals surface area contributed by atoms with Crippen LogP contribution >= 0.6 is 23.2 Å². The van der Waals surface area contributed by atoms with Crippen LogP contribution in [0.15, 0.2) is 30.4 Å². The zero-order chi connectivity index (χ0) is 21.3. The molecule has 1 aromatic carbocycles. The molecule has 0 spiro atoms. The fourth-order valence-electron chi connectivity index (χ4n) is 1.71. The number of carbonyl (C=O) groups is 2. The number of esters is 2. The quantitative estimate of drug-likeness (QED) is 0.212. The van der Waals surface area contributed by atoms with Crippen LogP contribution in [-0.2, 0) is 28.5 Å². The summed E-state index contributed by atoms with van der Waals surface area (Å²) < 4.78 is 25.3. The van der Waals surface area contributed by atoms with Gasteiger partial charge in [0.15, 0.2) is 13.2 Å². The van der Waals surface area contributed by atoms with E-state index in [1.807, 2.05) is 6.92 Å². The van der Waals surface area contributed by atoms with E-state index in [-0.39, 0.29) is 26.4 Å². The van der Waals surface area contributed by atoms with Gasteiger partial charge in [0, 0.05) is 17.7 Å². The Morgan fingerprint density at radius 2 is 1.83 bits per heavy atom. The number of hydrogen-bond donors (Lipinski definition) is 0. The molecule has 0 aromatic heterocycles. The Morgan fingerprint density at radius 3 is 2.59 bits per heavy atom. The van der Waals surface area contributed by atoms with E-state index in [2.05, 4.69) is 11.8 Å². The zero-order valence-electron chi connectivity index (χ0n) is 16.0. The highest BCUT2D eigenvalue weighted by molar-refractivity contribution is 6.35. The van der Waals surface area contributed by atoms with Gasteiger partial charge in [-0.1, -0.05) is 35.0 Å². The third kappa shape index (κ3) is 12.8. The van der Waals surface area contributed by atoms with Crippen LogP contribution in [0.1, 0.15) is 6.92 Å². The minimum absolute atomic E-state index is 0.137. The number of carbonyl (C=O) groups excluding carboxylic acids is 2. The van der Waals surface area contributed by atoms with Crippen molar-refractivity contribution in [3.8, 4) is 17.6 Å². The molecular formula is C20H22Cl2O7. The van der Waals surface area contributed by atoms with Crippen molar-refractivity contribution in [1.29, 1.82) is 0 Å². The van der Waals surface area contributed by atoms with Crippen LogP contribution in [0.5, 0.6) is 5.75 Å². The van der Waals surface area contributed by atoms with Gasteiger partial charge in [-0.2, -0.15) is 0 Å². The lowest BCUT2D eigenvalue weighted by Crippen LogP contribution is -2.15. The SMILES string of the molecule is CCOCCOCCOC(=O)C=CC#CCOC(=O)COc1ccc(Cl)cc1Cl. The first-order valence-corrected chi connectivity index (χ1v) is 9.49. The molecule has 0 N–H and O–H groups in total. The maximum atomic E-state index is 11.6. The van der Waals surface area contributed by atoms with Gasteiger partial charge in [0.1, 0.15) is 12.4 Å². The zero-order valence-corrected chi connectivity index (χ0v) is 17.5. The number of hydrogen-bond acceptors (Lipinski definition) is 7. The summed E-state index contributed by atoms with van der Waals surface area (Å²) in [6.07, 6.45) is 2.47. The molecule has 9 heteroatoms. The van der Waals surface area contributed by atoms with Crippen LogP contribution in [0.2, 0.25) is 10.0 Å². The molecule has 1 rings (SSSR count). The summed E-state index contributed by atoms with van der Waals surface area (Å²) in [6, 6.07) is 4.64. The lowest BCUT2D eigenvalue weighted by molar-refractivity contribution is -0.144. The first-order valence-electron chi connectivity index (χ1n) is 8.73. The molecule has 0 fully saturated rings. The standard InChI is InChI=1S/C20H22Cl2O7/c1-2-25-10-11-26-12-13-28-19(23)6-4-3-5-9-27-20(24)15-29-18-8-7-16(21)14-17(18)22/h4,6-8,14H,2,9-13,15H2,1H3. The molecule has 0 aliphatic carbocycles. The summed E-state index contributed by atoms with van der Waals surface area (Å²) in [5.74, 6) is 4.28. The lowest BCUT2D eigenvalue weighted by atomic mass is 10.3. The summed E-state index contributed by atoms with van der Waals surface area (Å²) >= 11 is 11.7. The van der Waals surface area contributed by atoms with Crippen LogP contribution < -0.4 is 4.74 Å². The second-order valence-corrected chi connectivity index (χ2v) is 6.00. The third-order valence-electron chi connectivity index (χ3n) is 3.00. The second-order valence-electron chi connectivity index (χ2n) is 5.16. The van der Waals surface area contributed by atoms with Crippen molar-refractivity contribution < 1.29 is 33.3 Å². The average molecular weight is 445 g/mol. The third-order valence-corrected chi connectivity index (χ3v) is 3.53. The Labute approximate surface area is 179 Å². The number of rotatable bonds is 12. The van der Waals surface area contributed by atoms with Gasteiger partial charge in [0.2, 0.25) is 0 Å². The Morgan fingerprint density at radius 1 is 1.07 bits per heavy atom. The molecular weight excluding hydrogens is 423 g/mol. The van der Waals surface area contributed by atoms with Crippen LogP contribution in [-0.4, -0.2) is 58.2 Å². The number of benzene rings is 1. The molecule has 0 radical (unpaired) electrons. The molecule has 158 valence electrons. The van der Waals surface area contributed by atoms with Crippen LogP contribution in [0, 0.1) is 11.8 Å². The van der Waals surface area contributed by atoms with Crippen LogP contribution in [0.3, 0.4) is 0 Å². The van der Waals surface area contributed by atoms with Crippen LogP contribution in [0.25, 0.3) is 0 Å². The fraction of sp³-hybridized carbons (Fsp3) is 0.400. The molecule has 0 saturated carbocycles. The van der Waals surface area contributed by atoms with E-state index >= 15 is 0 Å².